The van der Waals surface area contributed by atoms with Crippen molar-refractivity contribution in [2.75, 3.05) is 0 Å². The van der Waals surface area contributed by atoms with Crippen LogP contribution in [0, 0.1) is 24.8 Å². The molecule has 1 saturated carbocycles. The predicted octanol–water partition coefficient (Wildman–Crippen LogP) is 11.0. The van der Waals surface area contributed by atoms with E-state index in [-0.39, 0.29) is 43.5 Å². The van der Waals surface area contributed by atoms with Crippen molar-refractivity contribution in [2.45, 2.75) is 86.0 Å². The van der Waals surface area contributed by atoms with Crippen molar-refractivity contribution in [3.05, 3.63) is 89.3 Å². The number of aliphatic hydroxyl groups is 1. The number of carbonyl (C=O) groups is 1. The average molecular weight is 767 g/mol. The van der Waals surface area contributed by atoms with Gasteiger partial charge in [-0.05, 0) is 58.3 Å². The predicted molar refractivity (Wildman–Crippen MR) is 179 cm³/mol. The summed E-state index contributed by atoms with van der Waals surface area (Å²) in [6.07, 6.45) is 8.71. The van der Waals surface area contributed by atoms with Crippen molar-refractivity contribution in [1.82, 2.24) is 4.98 Å². The molecule has 5 heteroatoms. The van der Waals surface area contributed by atoms with Gasteiger partial charge in [0, 0.05) is 49.6 Å². The Kier molecular flexibility index (Phi) is 10.9. The first-order valence-corrected chi connectivity index (χ1v) is 15.8. The molecule has 5 aromatic rings. The van der Waals surface area contributed by atoms with Gasteiger partial charge >= 0.3 is 0 Å². The molecule has 3 aromatic carbocycles. The summed E-state index contributed by atoms with van der Waals surface area (Å²) in [5.41, 5.74) is 7.62. The van der Waals surface area contributed by atoms with E-state index in [0.29, 0.717) is 11.8 Å². The van der Waals surface area contributed by atoms with Crippen LogP contribution in [-0.4, -0.2) is 15.9 Å². The Morgan fingerprint density at radius 1 is 0.932 bits per heavy atom. The van der Waals surface area contributed by atoms with E-state index < -0.39 is 0 Å². The maximum atomic E-state index is 11.0. The molecule has 0 atom stereocenters. The van der Waals surface area contributed by atoms with Gasteiger partial charge in [0.05, 0.1) is 11.3 Å². The molecule has 233 valence electrons. The van der Waals surface area contributed by atoms with Crippen LogP contribution in [0.1, 0.15) is 95.8 Å². The van der Waals surface area contributed by atoms with E-state index in [4.69, 9.17) is 9.40 Å². The summed E-state index contributed by atoms with van der Waals surface area (Å²) in [7, 11) is 0. The molecule has 1 aliphatic rings. The van der Waals surface area contributed by atoms with E-state index in [1.54, 1.807) is 0 Å². The van der Waals surface area contributed by atoms with Crippen LogP contribution in [0.4, 0.5) is 0 Å². The van der Waals surface area contributed by atoms with Gasteiger partial charge in [0.15, 0.2) is 5.78 Å². The topological polar surface area (TPSA) is 63.3 Å². The number of hydrogen-bond donors (Lipinski definition) is 1. The Morgan fingerprint density at radius 3 is 2.30 bits per heavy atom. The first-order chi connectivity index (χ1) is 20.5. The second kappa shape index (κ2) is 14.2. The van der Waals surface area contributed by atoms with Crippen LogP contribution in [0.5, 0.6) is 0 Å². The van der Waals surface area contributed by atoms with Crippen molar-refractivity contribution in [3.8, 4) is 11.3 Å². The molecule has 2 heterocycles. The van der Waals surface area contributed by atoms with Crippen LogP contribution >= 0.6 is 0 Å². The number of para-hydroxylation sites is 1. The quantitative estimate of drug-likeness (QED) is 0.106. The van der Waals surface area contributed by atoms with E-state index in [0.717, 1.165) is 38.8 Å². The largest absolute Gasteiger partial charge is 0.512 e. The molecule has 1 aliphatic carbocycles. The number of aromatic nitrogens is 1. The Balaban J connectivity index is 0.000000318. The summed E-state index contributed by atoms with van der Waals surface area (Å²) in [6, 6.07) is 21.1. The van der Waals surface area contributed by atoms with Gasteiger partial charge in [-0.1, -0.05) is 109 Å². The number of aryl methyl sites for hydroxylation is 1. The molecule has 0 saturated heterocycles. The monoisotopic (exact) mass is 767 g/mol. The zero-order chi connectivity index (χ0) is 30.8. The molecule has 0 bridgehead atoms. The third-order valence-corrected chi connectivity index (χ3v) is 8.62. The van der Waals surface area contributed by atoms with Crippen molar-refractivity contribution >= 4 is 38.5 Å². The molecule has 0 unspecified atom stereocenters. The summed E-state index contributed by atoms with van der Waals surface area (Å²) in [4.78, 5) is 16.0. The van der Waals surface area contributed by atoms with E-state index in [9.17, 15) is 9.90 Å². The molecular weight excluding hydrogens is 723 g/mol. The summed E-state index contributed by atoms with van der Waals surface area (Å²) < 4.78 is 6.35. The van der Waals surface area contributed by atoms with Gasteiger partial charge in [-0.25, -0.2) is 0 Å². The molecule has 0 aliphatic heterocycles. The summed E-state index contributed by atoms with van der Waals surface area (Å²) in [6.45, 7) is 13.9. The number of allylic oxidation sites excluding steroid dienone is 2. The number of carbonyl (C=O) groups excluding carboxylic acids is 1. The van der Waals surface area contributed by atoms with Crippen LogP contribution < -0.4 is 0 Å². The van der Waals surface area contributed by atoms with Gasteiger partial charge in [0.25, 0.3) is 0 Å². The summed E-state index contributed by atoms with van der Waals surface area (Å²) >= 11 is 0. The summed E-state index contributed by atoms with van der Waals surface area (Å²) in [5, 5.41) is 14.0. The maximum absolute atomic E-state index is 11.0. The van der Waals surface area contributed by atoms with Crippen molar-refractivity contribution in [2.24, 2.45) is 11.8 Å². The van der Waals surface area contributed by atoms with E-state index in [1.165, 1.54) is 53.7 Å². The fourth-order valence-electron chi connectivity index (χ4n) is 6.00. The van der Waals surface area contributed by atoms with E-state index in [1.807, 2.05) is 39.8 Å². The number of hydrogen-bond acceptors (Lipinski definition) is 4. The minimum atomic E-state index is -0.0316. The fraction of sp³-hybridized carbons (Fsp3) is 0.385. The minimum absolute atomic E-state index is 0. The SMILES string of the molecule is CC(C)C(=O)/C=C(\O)C(C)C.Cc1[c-]c(-c2ncc(C(C)C)c3cc(C4CCCC4)ccc23)c2oc3ccccc3c2c1.[Ir]. The van der Waals surface area contributed by atoms with Gasteiger partial charge in [-0.3, -0.25) is 4.79 Å². The number of pyridine rings is 1. The molecule has 2 aromatic heterocycles. The first kappa shape index (κ1) is 33.6. The third kappa shape index (κ3) is 7.00. The molecule has 1 fully saturated rings. The molecular formula is C39H44IrNO3-. The molecule has 4 nitrogen and oxygen atoms in total. The van der Waals surface area contributed by atoms with Crippen LogP contribution in [-0.2, 0) is 24.9 Å². The number of ketones is 1. The molecule has 0 amide bonds. The maximum Gasteiger partial charge on any atom is 0.161 e. The third-order valence-electron chi connectivity index (χ3n) is 8.62. The molecule has 6 rings (SSSR count). The standard InChI is InChI=1S/C30H28NO.C9H16O2.Ir/c1-18(2)27-17-31-29(23-13-12-21(16-24(23)27)20-8-4-5-9-20)26-15-19(3)14-25-22-10-6-7-11-28(22)32-30(25)26;1-6(2)8(10)5-9(11)7(3)4;/h6-7,10-14,16-18,20H,4-5,8-9H2,1-3H3;5-7,10H,1-4H3;/q-1;;/b;8-5-;. The number of benzene rings is 3. The minimum Gasteiger partial charge on any atom is -0.512 e. The Morgan fingerprint density at radius 2 is 1.64 bits per heavy atom. The summed E-state index contributed by atoms with van der Waals surface area (Å²) in [5.74, 6) is 1.28. The zero-order valence-corrected chi connectivity index (χ0v) is 29.4. The number of aliphatic hydroxyl groups excluding tert-OH is 1. The Labute approximate surface area is 275 Å². The molecule has 1 N–H and O–H groups in total. The Bertz CT molecular complexity index is 1810. The number of rotatable bonds is 6. The van der Waals surface area contributed by atoms with Gasteiger partial charge in [-0.15, -0.1) is 17.7 Å². The Hall–Kier alpha value is -3.27. The number of nitrogens with zero attached hydrogens (tertiary/aromatic N) is 1. The number of furan rings is 1. The van der Waals surface area contributed by atoms with Gasteiger partial charge in [-0.2, -0.15) is 0 Å². The van der Waals surface area contributed by atoms with Gasteiger partial charge in [0.2, 0.25) is 0 Å². The van der Waals surface area contributed by atoms with E-state index >= 15 is 0 Å². The molecule has 44 heavy (non-hydrogen) atoms. The van der Waals surface area contributed by atoms with Crippen LogP contribution in [0.3, 0.4) is 0 Å². The normalized spacial score (nSPS) is 14.1. The van der Waals surface area contributed by atoms with Gasteiger partial charge < -0.3 is 14.5 Å². The zero-order valence-electron chi connectivity index (χ0n) is 27.0. The second-order valence-corrected chi connectivity index (χ2v) is 13.0. The first-order valence-electron chi connectivity index (χ1n) is 15.8. The number of fused-ring (bicyclic) bond motifs is 4. The van der Waals surface area contributed by atoms with Crippen LogP contribution in [0.2, 0.25) is 0 Å². The van der Waals surface area contributed by atoms with Gasteiger partial charge in [0.1, 0.15) is 5.58 Å². The average Bonchev–Trinajstić information content (AvgIpc) is 3.65. The van der Waals surface area contributed by atoms with Crippen LogP contribution in [0.25, 0.3) is 44.0 Å². The fourth-order valence-corrected chi connectivity index (χ4v) is 6.00. The van der Waals surface area contributed by atoms with Crippen molar-refractivity contribution in [1.29, 1.82) is 0 Å². The molecule has 0 spiro atoms. The van der Waals surface area contributed by atoms with Crippen LogP contribution in [0.15, 0.2) is 71.0 Å². The smallest absolute Gasteiger partial charge is 0.161 e. The van der Waals surface area contributed by atoms with Crippen molar-refractivity contribution < 1.29 is 34.4 Å². The van der Waals surface area contributed by atoms with Crippen molar-refractivity contribution in [3.63, 3.8) is 0 Å². The second-order valence-electron chi connectivity index (χ2n) is 13.0. The van der Waals surface area contributed by atoms with E-state index in [2.05, 4.69) is 69.4 Å². The molecule has 1 radical (unpaired) electrons.